The minimum absolute atomic E-state index is 0.283. The van der Waals surface area contributed by atoms with Crippen LogP contribution in [0.4, 0.5) is 0 Å². The van der Waals surface area contributed by atoms with Crippen LogP contribution in [0.1, 0.15) is 0 Å². The fourth-order valence-electron chi connectivity index (χ4n) is 1.62. The van der Waals surface area contributed by atoms with Gasteiger partial charge in [-0.2, -0.15) is 0 Å². The number of fused-ring (bicyclic) bond motifs is 2. The summed E-state index contributed by atoms with van der Waals surface area (Å²) in [6, 6.07) is 6.48. The molecule has 18 heavy (non-hydrogen) atoms. The van der Waals surface area contributed by atoms with Crippen LogP contribution in [0.15, 0.2) is 24.3 Å². The molecule has 0 saturated carbocycles. The number of hydrogen-bond donors (Lipinski definition) is 0. The highest BCUT2D eigenvalue weighted by Crippen LogP contribution is 2.53. The van der Waals surface area contributed by atoms with Crippen LogP contribution in [0.3, 0.4) is 0 Å². The van der Waals surface area contributed by atoms with Crippen molar-refractivity contribution in [2.24, 2.45) is 0 Å². The molecule has 3 rings (SSSR count). The second kappa shape index (κ2) is 4.39. The standard InChI is InChI=1S/C12H4Cl4O2/c13-5-3-7(15)11-9(4-5)17-8-2-1-6(14)10(16)12(8)18-11/h1-4H. The molecule has 0 unspecified atom stereocenters. The normalized spacial score (nSPS) is 12.2. The molecule has 0 spiro atoms. The van der Waals surface area contributed by atoms with E-state index in [-0.39, 0.29) is 5.02 Å². The maximum absolute atomic E-state index is 6.06. The summed E-state index contributed by atoms with van der Waals surface area (Å²) in [5, 5.41) is 1.48. The molecule has 1 aliphatic heterocycles. The Balaban J connectivity index is 2.18. The Bertz CT molecular complexity index is 655. The summed E-state index contributed by atoms with van der Waals surface area (Å²) >= 11 is 23.9. The van der Waals surface area contributed by atoms with Crippen LogP contribution in [-0.4, -0.2) is 0 Å². The molecular weight excluding hydrogens is 318 g/mol. The molecule has 0 aromatic heterocycles. The Hall–Kier alpha value is -0.800. The molecule has 0 N–H and O–H groups in total. The van der Waals surface area contributed by atoms with Crippen molar-refractivity contribution in [2.45, 2.75) is 0 Å². The van der Waals surface area contributed by atoms with Crippen LogP contribution in [0.2, 0.25) is 20.1 Å². The number of rotatable bonds is 0. The first kappa shape index (κ1) is 12.2. The van der Waals surface area contributed by atoms with Gasteiger partial charge in [-0.25, -0.2) is 0 Å². The van der Waals surface area contributed by atoms with Gasteiger partial charge in [-0.1, -0.05) is 46.4 Å². The molecule has 1 aliphatic rings. The molecule has 1 heterocycles. The van der Waals surface area contributed by atoms with Crippen LogP contribution in [-0.2, 0) is 0 Å². The van der Waals surface area contributed by atoms with E-state index in [1.807, 2.05) is 0 Å². The molecule has 6 heteroatoms. The summed E-state index contributed by atoms with van der Waals surface area (Å²) in [4.78, 5) is 0. The lowest BCUT2D eigenvalue weighted by Crippen LogP contribution is -2.00. The highest BCUT2D eigenvalue weighted by atomic mass is 35.5. The number of hydrogen-bond acceptors (Lipinski definition) is 2. The van der Waals surface area contributed by atoms with E-state index in [9.17, 15) is 0 Å². The van der Waals surface area contributed by atoms with E-state index in [0.29, 0.717) is 38.1 Å². The highest BCUT2D eigenvalue weighted by molar-refractivity contribution is 6.43. The third-order valence-electron chi connectivity index (χ3n) is 2.41. The van der Waals surface area contributed by atoms with Crippen molar-refractivity contribution in [3.63, 3.8) is 0 Å². The van der Waals surface area contributed by atoms with E-state index in [2.05, 4.69) is 0 Å². The van der Waals surface area contributed by atoms with Gasteiger partial charge in [0, 0.05) is 11.1 Å². The van der Waals surface area contributed by atoms with E-state index >= 15 is 0 Å². The third kappa shape index (κ3) is 1.90. The van der Waals surface area contributed by atoms with Gasteiger partial charge in [0.2, 0.25) is 0 Å². The third-order valence-corrected chi connectivity index (χ3v) is 3.70. The molecule has 0 saturated heterocycles. The van der Waals surface area contributed by atoms with Gasteiger partial charge in [-0.05, 0) is 18.2 Å². The fraction of sp³-hybridized carbons (Fsp3) is 0. The Morgan fingerprint density at radius 3 is 2.28 bits per heavy atom. The van der Waals surface area contributed by atoms with Crippen LogP contribution >= 0.6 is 46.4 Å². The maximum atomic E-state index is 6.06. The van der Waals surface area contributed by atoms with Gasteiger partial charge >= 0.3 is 0 Å². The first-order valence-electron chi connectivity index (χ1n) is 4.89. The van der Waals surface area contributed by atoms with Crippen molar-refractivity contribution in [3.05, 3.63) is 44.4 Å². The van der Waals surface area contributed by atoms with Gasteiger partial charge in [-0.3, -0.25) is 0 Å². The number of halogens is 4. The van der Waals surface area contributed by atoms with E-state index < -0.39 is 0 Å². The van der Waals surface area contributed by atoms with Crippen molar-refractivity contribution >= 4 is 46.4 Å². The van der Waals surface area contributed by atoms with Gasteiger partial charge in [0.1, 0.15) is 5.02 Å². The molecule has 2 nitrogen and oxygen atoms in total. The van der Waals surface area contributed by atoms with Crippen LogP contribution in [0.25, 0.3) is 0 Å². The molecule has 2 aromatic carbocycles. The molecule has 92 valence electrons. The first-order chi connectivity index (χ1) is 8.56. The zero-order valence-electron chi connectivity index (χ0n) is 8.64. The van der Waals surface area contributed by atoms with Gasteiger partial charge in [0.25, 0.3) is 0 Å². The summed E-state index contributed by atoms with van der Waals surface area (Å²) < 4.78 is 11.3. The van der Waals surface area contributed by atoms with E-state index in [1.165, 1.54) is 0 Å². The average molecular weight is 322 g/mol. The Labute approximate surface area is 123 Å². The zero-order chi connectivity index (χ0) is 12.9. The first-order valence-corrected chi connectivity index (χ1v) is 6.40. The Morgan fingerprint density at radius 1 is 0.722 bits per heavy atom. The molecule has 2 aromatic rings. The van der Waals surface area contributed by atoms with Crippen LogP contribution in [0.5, 0.6) is 23.0 Å². The van der Waals surface area contributed by atoms with Crippen molar-refractivity contribution < 1.29 is 9.47 Å². The zero-order valence-corrected chi connectivity index (χ0v) is 11.7. The smallest absolute Gasteiger partial charge is 0.190 e. The van der Waals surface area contributed by atoms with Crippen LogP contribution < -0.4 is 9.47 Å². The summed E-state index contributed by atoms with van der Waals surface area (Å²) in [7, 11) is 0. The SMILES string of the molecule is Clc1cc(Cl)c2c(c1)Oc1ccc(Cl)c(Cl)c1O2. The summed E-state index contributed by atoms with van der Waals surface area (Å²) in [5.41, 5.74) is 0. The van der Waals surface area contributed by atoms with Gasteiger partial charge in [-0.15, -0.1) is 0 Å². The van der Waals surface area contributed by atoms with Gasteiger partial charge in [0.15, 0.2) is 23.0 Å². The van der Waals surface area contributed by atoms with Gasteiger partial charge in [0.05, 0.1) is 10.0 Å². The highest BCUT2D eigenvalue weighted by Gasteiger charge is 2.25. The van der Waals surface area contributed by atoms with E-state index in [1.54, 1.807) is 24.3 Å². The average Bonchev–Trinajstić information content (AvgIpc) is 2.32. The van der Waals surface area contributed by atoms with Crippen LogP contribution in [0, 0.1) is 0 Å². The molecular formula is C12H4Cl4O2. The fourth-order valence-corrected chi connectivity index (χ4v) is 2.48. The Kier molecular flexibility index (Phi) is 2.99. The molecule has 0 radical (unpaired) electrons. The summed E-state index contributed by atoms with van der Waals surface area (Å²) in [6.07, 6.45) is 0. The lowest BCUT2D eigenvalue weighted by Gasteiger charge is -2.22. The summed E-state index contributed by atoms with van der Waals surface area (Å²) in [5.74, 6) is 1.63. The predicted molar refractivity (Wildman–Crippen MR) is 73.1 cm³/mol. The topological polar surface area (TPSA) is 18.5 Å². The Morgan fingerprint density at radius 2 is 1.50 bits per heavy atom. The van der Waals surface area contributed by atoms with Crippen molar-refractivity contribution in [2.75, 3.05) is 0 Å². The number of ether oxygens (including phenoxy) is 2. The lowest BCUT2D eigenvalue weighted by molar-refractivity contribution is 0.360. The molecule has 0 atom stereocenters. The van der Waals surface area contributed by atoms with E-state index in [0.717, 1.165) is 0 Å². The molecule has 0 aliphatic carbocycles. The molecule has 0 fully saturated rings. The maximum Gasteiger partial charge on any atom is 0.190 e. The molecule has 0 amide bonds. The quantitative estimate of drug-likeness (QED) is 0.491. The monoisotopic (exact) mass is 320 g/mol. The molecule has 0 bridgehead atoms. The van der Waals surface area contributed by atoms with E-state index in [4.69, 9.17) is 55.9 Å². The largest absolute Gasteiger partial charge is 0.449 e. The summed E-state index contributed by atoms with van der Waals surface area (Å²) in [6.45, 7) is 0. The predicted octanol–water partition coefficient (Wildman–Crippen LogP) is 6.20. The minimum atomic E-state index is 0.283. The second-order valence-corrected chi connectivity index (χ2v) is 5.24. The minimum Gasteiger partial charge on any atom is -0.449 e. The van der Waals surface area contributed by atoms with Gasteiger partial charge < -0.3 is 9.47 Å². The van der Waals surface area contributed by atoms with Crippen molar-refractivity contribution in [3.8, 4) is 23.0 Å². The second-order valence-electron chi connectivity index (χ2n) is 3.61. The van der Waals surface area contributed by atoms with Crippen molar-refractivity contribution in [1.29, 1.82) is 0 Å². The number of benzene rings is 2. The lowest BCUT2D eigenvalue weighted by atomic mass is 10.2. The van der Waals surface area contributed by atoms with Crippen molar-refractivity contribution in [1.82, 2.24) is 0 Å².